The number of piperazine rings is 3. The predicted molar refractivity (Wildman–Crippen MR) is 109 cm³/mol. The van der Waals surface area contributed by atoms with Gasteiger partial charge in [0.15, 0.2) is 5.96 Å². The summed E-state index contributed by atoms with van der Waals surface area (Å²) in [5, 5.41) is 6.84. The summed E-state index contributed by atoms with van der Waals surface area (Å²) in [4.78, 5) is 23.1. The van der Waals surface area contributed by atoms with E-state index in [0.717, 1.165) is 45.1 Å². The molecule has 2 N–H and O–H groups in total. The van der Waals surface area contributed by atoms with Crippen molar-refractivity contribution in [1.82, 2.24) is 25.3 Å². The average Bonchev–Trinajstić information content (AvgIpc) is 2.71. The highest BCUT2D eigenvalue weighted by atomic mass is 16.2. The molecule has 3 fully saturated rings. The van der Waals surface area contributed by atoms with Crippen LogP contribution in [0.5, 0.6) is 0 Å². The number of nitrogens with zero attached hydrogens (tertiary/aromatic N) is 4. The van der Waals surface area contributed by atoms with Crippen LogP contribution in [0.4, 0.5) is 0 Å². The van der Waals surface area contributed by atoms with Gasteiger partial charge in [0.1, 0.15) is 6.54 Å². The number of guanidine groups is 1. The SMILES string of the molecule is CN(C)C(=O)CN=C(NCCc1ccccc1)NCC1CN2CCN1CC2. The molecular formula is C20H32N6O. The Morgan fingerprint density at radius 1 is 1.15 bits per heavy atom. The van der Waals surface area contributed by atoms with Crippen LogP contribution in [0.2, 0.25) is 0 Å². The Kier molecular flexibility index (Phi) is 7.06. The zero-order valence-corrected chi connectivity index (χ0v) is 16.5. The lowest BCUT2D eigenvalue weighted by Gasteiger charge is -2.47. The molecule has 0 saturated carbocycles. The quantitative estimate of drug-likeness (QED) is 0.515. The summed E-state index contributed by atoms with van der Waals surface area (Å²) in [5.41, 5.74) is 1.29. The fraction of sp³-hybridized carbons (Fsp3) is 0.600. The van der Waals surface area contributed by atoms with E-state index in [1.165, 1.54) is 18.7 Å². The van der Waals surface area contributed by atoms with Gasteiger partial charge in [-0.3, -0.25) is 14.6 Å². The van der Waals surface area contributed by atoms with Gasteiger partial charge in [0.2, 0.25) is 5.91 Å². The zero-order valence-electron chi connectivity index (χ0n) is 16.5. The maximum atomic E-state index is 11.9. The van der Waals surface area contributed by atoms with Crippen molar-refractivity contribution >= 4 is 11.9 Å². The van der Waals surface area contributed by atoms with E-state index in [4.69, 9.17) is 0 Å². The largest absolute Gasteiger partial charge is 0.356 e. The maximum Gasteiger partial charge on any atom is 0.243 e. The fourth-order valence-corrected chi connectivity index (χ4v) is 3.57. The van der Waals surface area contributed by atoms with Gasteiger partial charge in [-0.1, -0.05) is 30.3 Å². The molecule has 1 aromatic rings. The van der Waals surface area contributed by atoms with Crippen molar-refractivity contribution in [3.63, 3.8) is 0 Å². The first-order valence-electron chi connectivity index (χ1n) is 9.84. The maximum absolute atomic E-state index is 11.9. The first-order chi connectivity index (χ1) is 13.1. The van der Waals surface area contributed by atoms with Crippen LogP contribution < -0.4 is 10.6 Å². The highest BCUT2D eigenvalue weighted by Gasteiger charge is 2.31. The smallest absolute Gasteiger partial charge is 0.243 e. The lowest BCUT2D eigenvalue weighted by Crippen LogP contribution is -2.63. The normalized spacial score (nSPS) is 24.5. The number of fused-ring (bicyclic) bond motifs is 3. The van der Waals surface area contributed by atoms with Crippen LogP contribution in [-0.4, -0.2) is 99.1 Å². The van der Waals surface area contributed by atoms with Gasteiger partial charge in [0.25, 0.3) is 0 Å². The van der Waals surface area contributed by atoms with E-state index in [-0.39, 0.29) is 12.5 Å². The molecule has 0 aromatic heterocycles. The zero-order chi connectivity index (χ0) is 19.1. The molecule has 148 valence electrons. The molecule has 0 spiro atoms. The standard InChI is InChI=1S/C20H32N6O/c1-24(2)19(27)15-23-20(21-9-8-17-6-4-3-5-7-17)22-14-18-16-25-10-12-26(18)13-11-25/h3-7,18H,8-16H2,1-2H3,(H2,21,22,23). The highest BCUT2D eigenvalue weighted by Crippen LogP contribution is 2.14. The molecule has 0 radical (unpaired) electrons. The number of hydrogen-bond donors (Lipinski definition) is 2. The minimum Gasteiger partial charge on any atom is -0.356 e. The summed E-state index contributed by atoms with van der Waals surface area (Å²) < 4.78 is 0. The summed E-state index contributed by atoms with van der Waals surface area (Å²) in [6.45, 7) is 7.58. The number of nitrogens with one attached hydrogen (secondary N) is 2. The predicted octanol–water partition coefficient (Wildman–Crippen LogP) is -0.148. The van der Waals surface area contributed by atoms with E-state index >= 15 is 0 Å². The van der Waals surface area contributed by atoms with Crippen molar-refractivity contribution in [3.05, 3.63) is 35.9 Å². The highest BCUT2D eigenvalue weighted by molar-refractivity contribution is 5.84. The molecule has 27 heavy (non-hydrogen) atoms. The van der Waals surface area contributed by atoms with Crippen LogP contribution in [0, 0.1) is 0 Å². The summed E-state index contributed by atoms with van der Waals surface area (Å²) in [6, 6.07) is 10.9. The number of hydrogen-bond acceptors (Lipinski definition) is 4. The minimum absolute atomic E-state index is 0.00532. The third-order valence-electron chi connectivity index (χ3n) is 5.32. The van der Waals surface area contributed by atoms with Crippen LogP contribution >= 0.6 is 0 Å². The van der Waals surface area contributed by atoms with E-state index in [9.17, 15) is 4.79 Å². The van der Waals surface area contributed by atoms with Crippen molar-refractivity contribution in [2.45, 2.75) is 12.5 Å². The molecule has 1 amide bonds. The first kappa shape index (κ1) is 19.6. The van der Waals surface area contributed by atoms with Gasteiger partial charge in [-0.15, -0.1) is 0 Å². The summed E-state index contributed by atoms with van der Waals surface area (Å²) >= 11 is 0. The van der Waals surface area contributed by atoms with Crippen molar-refractivity contribution in [3.8, 4) is 0 Å². The van der Waals surface area contributed by atoms with E-state index in [1.807, 2.05) is 6.07 Å². The summed E-state index contributed by atoms with van der Waals surface area (Å²) in [6.07, 6.45) is 0.923. The Morgan fingerprint density at radius 2 is 1.89 bits per heavy atom. The van der Waals surface area contributed by atoms with Gasteiger partial charge in [-0.25, -0.2) is 4.99 Å². The number of likely N-dealkylation sites (N-methyl/N-ethyl adjacent to an activating group) is 1. The topological polar surface area (TPSA) is 63.2 Å². The van der Waals surface area contributed by atoms with E-state index in [0.29, 0.717) is 6.04 Å². The first-order valence-corrected chi connectivity index (χ1v) is 9.84. The van der Waals surface area contributed by atoms with Gasteiger partial charge in [0, 0.05) is 66.0 Å². The number of carbonyl (C=O) groups is 1. The molecule has 3 heterocycles. The van der Waals surface area contributed by atoms with E-state index in [1.54, 1.807) is 19.0 Å². The monoisotopic (exact) mass is 372 g/mol. The van der Waals surface area contributed by atoms with Gasteiger partial charge >= 0.3 is 0 Å². The van der Waals surface area contributed by atoms with Crippen LogP contribution in [-0.2, 0) is 11.2 Å². The third kappa shape index (κ3) is 5.94. The Balaban J connectivity index is 1.52. The number of rotatable bonds is 7. The molecule has 3 aliphatic rings. The molecule has 0 aliphatic carbocycles. The summed E-state index contributed by atoms with van der Waals surface area (Å²) in [5.74, 6) is 0.726. The molecule has 1 aromatic carbocycles. The van der Waals surface area contributed by atoms with Gasteiger partial charge in [-0.2, -0.15) is 0 Å². The number of benzene rings is 1. The Morgan fingerprint density at radius 3 is 2.52 bits per heavy atom. The second kappa shape index (κ2) is 9.71. The Labute approximate surface area is 162 Å². The molecule has 2 bridgehead atoms. The molecule has 3 aliphatic heterocycles. The van der Waals surface area contributed by atoms with Crippen molar-refractivity contribution < 1.29 is 4.79 Å². The van der Waals surface area contributed by atoms with Crippen LogP contribution in [0.25, 0.3) is 0 Å². The van der Waals surface area contributed by atoms with Crippen molar-refractivity contribution in [2.75, 3.05) is 66.5 Å². The molecular weight excluding hydrogens is 340 g/mol. The van der Waals surface area contributed by atoms with Crippen molar-refractivity contribution in [1.29, 1.82) is 0 Å². The summed E-state index contributed by atoms with van der Waals surface area (Å²) in [7, 11) is 3.52. The average molecular weight is 373 g/mol. The minimum atomic E-state index is 0.00532. The second-order valence-electron chi connectivity index (χ2n) is 7.49. The number of aliphatic imine (C=N–C) groups is 1. The third-order valence-corrected chi connectivity index (χ3v) is 5.32. The van der Waals surface area contributed by atoms with Crippen molar-refractivity contribution in [2.24, 2.45) is 4.99 Å². The Bertz CT molecular complexity index is 625. The van der Waals surface area contributed by atoms with Gasteiger partial charge < -0.3 is 15.5 Å². The van der Waals surface area contributed by atoms with Crippen LogP contribution in [0.15, 0.2) is 35.3 Å². The molecule has 7 nitrogen and oxygen atoms in total. The number of carbonyl (C=O) groups excluding carboxylic acids is 1. The molecule has 4 rings (SSSR count). The molecule has 1 unspecified atom stereocenters. The lowest BCUT2D eigenvalue weighted by molar-refractivity contribution is -0.127. The van der Waals surface area contributed by atoms with Crippen LogP contribution in [0.1, 0.15) is 5.56 Å². The van der Waals surface area contributed by atoms with E-state index in [2.05, 4.69) is 49.7 Å². The molecule has 1 atom stereocenters. The van der Waals surface area contributed by atoms with Gasteiger partial charge in [0.05, 0.1) is 0 Å². The van der Waals surface area contributed by atoms with Crippen LogP contribution in [0.3, 0.4) is 0 Å². The fourth-order valence-electron chi connectivity index (χ4n) is 3.57. The lowest BCUT2D eigenvalue weighted by atomic mass is 10.1. The Hall–Kier alpha value is -2.12. The molecule has 3 saturated heterocycles. The van der Waals surface area contributed by atoms with E-state index < -0.39 is 0 Å². The van der Waals surface area contributed by atoms with Gasteiger partial charge in [-0.05, 0) is 12.0 Å². The molecule has 7 heteroatoms. The number of amides is 1. The second-order valence-corrected chi connectivity index (χ2v) is 7.49.